The molecule has 3 nitrogen and oxygen atoms in total. The molecule has 0 saturated carbocycles. The van der Waals surface area contributed by atoms with Crippen LogP contribution in [0.15, 0.2) is 22.7 Å². The first-order chi connectivity index (χ1) is 9.30. The molecule has 0 atom stereocenters. The van der Waals surface area contributed by atoms with Gasteiger partial charge in [-0.25, -0.2) is 0 Å². The molecule has 0 unspecified atom stereocenters. The first-order valence-electron chi connectivity index (χ1n) is 6.14. The van der Waals surface area contributed by atoms with Gasteiger partial charge in [-0.1, -0.05) is 15.9 Å². The van der Waals surface area contributed by atoms with E-state index in [9.17, 15) is 13.2 Å². The van der Waals surface area contributed by atoms with Crippen molar-refractivity contribution in [2.75, 3.05) is 45.7 Å². The summed E-state index contributed by atoms with van der Waals surface area (Å²) in [5.41, 5.74) is -0.614. The number of ether oxygens (including phenoxy) is 1. The molecular weight excluding hydrogens is 337 g/mol. The van der Waals surface area contributed by atoms with Crippen LogP contribution in [0, 0.1) is 0 Å². The van der Waals surface area contributed by atoms with Gasteiger partial charge in [-0.15, -0.1) is 0 Å². The third-order valence-electron chi connectivity index (χ3n) is 2.53. The van der Waals surface area contributed by atoms with Crippen LogP contribution in [0.2, 0.25) is 0 Å². The molecule has 0 saturated heterocycles. The Hall–Kier alpha value is -0.790. The number of likely N-dealkylation sites (N-methyl/N-ethyl adjacent to an activating group) is 1. The zero-order chi connectivity index (χ0) is 15.2. The van der Waals surface area contributed by atoms with E-state index in [4.69, 9.17) is 4.74 Å². The van der Waals surface area contributed by atoms with Crippen LogP contribution in [0.5, 0.6) is 0 Å². The lowest BCUT2D eigenvalue weighted by atomic mass is 10.1. The van der Waals surface area contributed by atoms with Crippen molar-refractivity contribution in [2.24, 2.45) is 0 Å². The van der Waals surface area contributed by atoms with Gasteiger partial charge in [0.2, 0.25) is 0 Å². The minimum atomic E-state index is -4.37. The number of hydrogen-bond donors (Lipinski definition) is 1. The Labute approximate surface area is 125 Å². The Kier molecular flexibility index (Phi) is 6.78. The SMILES string of the molecule is CN(C)CCOCCNc1cc(Br)ccc1C(F)(F)F. The number of halogens is 4. The van der Waals surface area contributed by atoms with Gasteiger partial charge in [-0.05, 0) is 32.3 Å². The molecule has 7 heteroatoms. The van der Waals surface area contributed by atoms with Crippen molar-refractivity contribution in [3.05, 3.63) is 28.2 Å². The maximum Gasteiger partial charge on any atom is 0.418 e. The van der Waals surface area contributed by atoms with E-state index in [0.29, 0.717) is 24.2 Å². The predicted octanol–water partition coefficient (Wildman–Crippen LogP) is 3.46. The van der Waals surface area contributed by atoms with Crippen molar-refractivity contribution in [1.82, 2.24) is 4.90 Å². The highest BCUT2D eigenvalue weighted by Crippen LogP contribution is 2.36. The Morgan fingerprint density at radius 2 is 1.95 bits per heavy atom. The summed E-state index contributed by atoms with van der Waals surface area (Å²) < 4.78 is 44.3. The average Bonchev–Trinajstić information content (AvgIpc) is 2.31. The van der Waals surface area contributed by atoms with Gasteiger partial charge in [0.25, 0.3) is 0 Å². The molecular formula is C13H18BrF3N2O. The van der Waals surface area contributed by atoms with E-state index in [2.05, 4.69) is 21.2 Å². The predicted molar refractivity (Wildman–Crippen MR) is 77.0 cm³/mol. The summed E-state index contributed by atoms with van der Waals surface area (Å²) in [5.74, 6) is 0. The quantitative estimate of drug-likeness (QED) is 0.759. The van der Waals surface area contributed by atoms with Crippen LogP contribution in [0.25, 0.3) is 0 Å². The van der Waals surface area contributed by atoms with Crippen LogP contribution in [0.4, 0.5) is 18.9 Å². The highest BCUT2D eigenvalue weighted by atomic mass is 79.9. The molecule has 0 aliphatic heterocycles. The monoisotopic (exact) mass is 354 g/mol. The summed E-state index contributed by atoms with van der Waals surface area (Å²) in [6, 6.07) is 3.85. The van der Waals surface area contributed by atoms with Crippen molar-refractivity contribution in [3.8, 4) is 0 Å². The Morgan fingerprint density at radius 1 is 1.25 bits per heavy atom. The lowest BCUT2D eigenvalue weighted by molar-refractivity contribution is -0.137. The highest BCUT2D eigenvalue weighted by molar-refractivity contribution is 9.10. The standard InChI is InChI=1S/C13H18BrF3N2O/c1-19(2)6-8-20-7-5-18-12-9-10(14)3-4-11(12)13(15,16)17/h3-4,9,18H,5-8H2,1-2H3. The van der Waals surface area contributed by atoms with E-state index in [1.165, 1.54) is 12.1 Å². The van der Waals surface area contributed by atoms with Gasteiger partial charge in [-0.3, -0.25) is 0 Å². The van der Waals surface area contributed by atoms with E-state index in [1.807, 2.05) is 19.0 Å². The van der Waals surface area contributed by atoms with Gasteiger partial charge in [0.15, 0.2) is 0 Å². The summed E-state index contributed by atoms with van der Waals surface area (Å²) in [6.07, 6.45) is -4.37. The Balaban J connectivity index is 2.49. The third kappa shape index (κ3) is 6.11. The maximum absolute atomic E-state index is 12.8. The smallest absolute Gasteiger partial charge is 0.382 e. The largest absolute Gasteiger partial charge is 0.418 e. The van der Waals surface area contributed by atoms with E-state index in [-0.39, 0.29) is 5.69 Å². The Bertz CT molecular complexity index is 425. The molecule has 0 fully saturated rings. The van der Waals surface area contributed by atoms with Gasteiger partial charge < -0.3 is 15.0 Å². The van der Waals surface area contributed by atoms with Gasteiger partial charge in [0.05, 0.1) is 18.8 Å². The van der Waals surface area contributed by atoms with Gasteiger partial charge in [-0.2, -0.15) is 13.2 Å². The number of alkyl halides is 3. The summed E-state index contributed by atoms with van der Waals surface area (Å²) in [7, 11) is 3.86. The molecule has 114 valence electrons. The molecule has 0 aliphatic carbocycles. The van der Waals surface area contributed by atoms with E-state index in [0.717, 1.165) is 12.6 Å². The molecule has 0 radical (unpaired) electrons. The maximum atomic E-state index is 12.8. The zero-order valence-electron chi connectivity index (χ0n) is 11.4. The molecule has 0 aromatic heterocycles. The minimum Gasteiger partial charge on any atom is -0.382 e. The molecule has 1 aromatic carbocycles. The van der Waals surface area contributed by atoms with E-state index < -0.39 is 11.7 Å². The molecule has 0 spiro atoms. The average molecular weight is 355 g/mol. The van der Waals surface area contributed by atoms with Crippen LogP contribution >= 0.6 is 15.9 Å². The fraction of sp³-hybridized carbons (Fsp3) is 0.538. The second kappa shape index (κ2) is 7.85. The second-order valence-electron chi connectivity index (χ2n) is 4.53. The summed E-state index contributed by atoms with van der Waals surface area (Å²) in [5, 5.41) is 2.76. The van der Waals surface area contributed by atoms with Crippen molar-refractivity contribution in [3.63, 3.8) is 0 Å². The first-order valence-corrected chi connectivity index (χ1v) is 6.93. The van der Waals surface area contributed by atoms with Crippen LogP contribution in [-0.4, -0.2) is 45.3 Å². The lowest BCUT2D eigenvalue weighted by Gasteiger charge is -2.15. The van der Waals surface area contributed by atoms with Crippen LogP contribution in [-0.2, 0) is 10.9 Å². The zero-order valence-corrected chi connectivity index (χ0v) is 13.0. The molecule has 20 heavy (non-hydrogen) atoms. The third-order valence-corrected chi connectivity index (χ3v) is 3.02. The summed E-state index contributed by atoms with van der Waals surface area (Å²) in [6.45, 7) is 2.02. The van der Waals surface area contributed by atoms with Gasteiger partial charge >= 0.3 is 6.18 Å². The van der Waals surface area contributed by atoms with Gasteiger partial charge in [0.1, 0.15) is 0 Å². The fourth-order valence-corrected chi connectivity index (χ4v) is 1.88. The molecule has 0 amide bonds. The normalized spacial score (nSPS) is 11.9. The second-order valence-corrected chi connectivity index (χ2v) is 5.45. The molecule has 1 rings (SSSR count). The first kappa shape index (κ1) is 17.3. The molecule has 0 aliphatic rings. The van der Waals surface area contributed by atoms with Crippen LogP contribution in [0.3, 0.4) is 0 Å². The van der Waals surface area contributed by atoms with Gasteiger partial charge in [0, 0.05) is 23.2 Å². The fourth-order valence-electron chi connectivity index (χ4n) is 1.52. The Morgan fingerprint density at radius 3 is 2.55 bits per heavy atom. The minimum absolute atomic E-state index is 0.0584. The van der Waals surface area contributed by atoms with Crippen molar-refractivity contribution in [2.45, 2.75) is 6.18 Å². The van der Waals surface area contributed by atoms with Crippen molar-refractivity contribution >= 4 is 21.6 Å². The number of benzene rings is 1. The molecule has 0 heterocycles. The van der Waals surface area contributed by atoms with Crippen molar-refractivity contribution < 1.29 is 17.9 Å². The summed E-state index contributed by atoms with van der Waals surface area (Å²) >= 11 is 3.17. The van der Waals surface area contributed by atoms with Crippen molar-refractivity contribution in [1.29, 1.82) is 0 Å². The summed E-state index contributed by atoms with van der Waals surface area (Å²) in [4.78, 5) is 1.98. The number of hydrogen-bond acceptors (Lipinski definition) is 3. The number of nitrogens with zero attached hydrogens (tertiary/aromatic N) is 1. The lowest BCUT2D eigenvalue weighted by Crippen LogP contribution is -2.20. The molecule has 0 bridgehead atoms. The van der Waals surface area contributed by atoms with E-state index in [1.54, 1.807) is 0 Å². The van der Waals surface area contributed by atoms with Crippen LogP contribution in [0.1, 0.15) is 5.56 Å². The molecule has 1 aromatic rings. The molecule has 1 N–H and O–H groups in total. The highest BCUT2D eigenvalue weighted by Gasteiger charge is 2.33. The van der Waals surface area contributed by atoms with E-state index >= 15 is 0 Å². The van der Waals surface area contributed by atoms with Crippen LogP contribution < -0.4 is 5.32 Å². The number of nitrogens with one attached hydrogen (secondary N) is 1. The topological polar surface area (TPSA) is 24.5 Å². The number of anilines is 1. The number of rotatable bonds is 7.